The van der Waals surface area contributed by atoms with Gasteiger partial charge in [-0.1, -0.05) is 5.92 Å². The second-order valence-corrected chi connectivity index (χ2v) is 8.57. The fourth-order valence-electron chi connectivity index (χ4n) is 4.61. The van der Waals surface area contributed by atoms with Crippen LogP contribution in [0.1, 0.15) is 42.1 Å². The molecule has 2 amide bonds. The van der Waals surface area contributed by atoms with E-state index < -0.39 is 0 Å². The molecule has 0 aliphatic carbocycles. The number of aromatic nitrogens is 2. The van der Waals surface area contributed by atoms with Crippen LogP contribution in [0.2, 0.25) is 0 Å². The molecule has 0 spiro atoms. The van der Waals surface area contributed by atoms with E-state index in [1.165, 1.54) is 6.33 Å². The maximum absolute atomic E-state index is 12.7. The molecule has 10 heteroatoms. The Hall–Kier alpha value is -4.46. The number of nitrogens with two attached hydrogens (primary N) is 1. The summed E-state index contributed by atoms with van der Waals surface area (Å²) < 4.78 is -0.163. The number of quaternary nitrogens is 1. The largest absolute Gasteiger partial charge is 0.323 e. The number of rotatable bonds is 4. The number of likely N-dealkylation sites (tertiary alicyclic amines) is 1. The first kappa shape index (κ1) is 23.3. The van der Waals surface area contributed by atoms with Crippen LogP contribution >= 0.6 is 0 Å². The fourth-order valence-corrected chi connectivity index (χ4v) is 4.61. The Bertz CT molecular complexity index is 1380. The molecular formula is C26H25N8O2+. The minimum atomic E-state index is -0.289. The number of anilines is 1. The maximum atomic E-state index is 12.7. The van der Waals surface area contributed by atoms with Crippen LogP contribution in [-0.4, -0.2) is 55.9 Å². The summed E-state index contributed by atoms with van der Waals surface area (Å²) in [6.45, 7) is 2.27. The number of carbonyl (C=O) groups is 2. The lowest BCUT2D eigenvalue weighted by atomic mass is 9.98. The predicted octanol–water partition coefficient (Wildman–Crippen LogP) is 2.35. The zero-order valence-electron chi connectivity index (χ0n) is 19.8. The third kappa shape index (κ3) is 4.22. The highest BCUT2D eigenvalue weighted by atomic mass is 16.2. The zero-order chi connectivity index (χ0) is 25.1. The molecule has 2 aromatic rings. The summed E-state index contributed by atoms with van der Waals surface area (Å²) >= 11 is 0. The van der Waals surface area contributed by atoms with Crippen LogP contribution in [0, 0.1) is 11.8 Å². The van der Waals surface area contributed by atoms with Gasteiger partial charge in [0.1, 0.15) is 24.0 Å². The predicted molar refractivity (Wildman–Crippen MR) is 135 cm³/mol. The Morgan fingerprint density at radius 1 is 1.19 bits per heavy atom. The van der Waals surface area contributed by atoms with Crippen molar-refractivity contribution < 1.29 is 14.2 Å². The highest BCUT2D eigenvalue weighted by molar-refractivity contribution is 6.05. The van der Waals surface area contributed by atoms with Crippen molar-refractivity contribution in [3.8, 4) is 11.8 Å². The quantitative estimate of drug-likeness (QED) is 0.394. The SMILES string of the molecule is CC#CC(=O)N1CCCCC1C1=C2C=NC=C[N+]2(N)C(c2ccc(C(=O)Nc3ccncn3)cc2)=N1. The van der Waals surface area contributed by atoms with E-state index in [9.17, 15) is 9.59 Å². The lowest BCUT2D eigenvalue weighted by Crippen LogP contribution is -2.53. The third-order valence-corrected chi connectivity index (χ3v) is 6.36. The summed E-state index contributed by atoms with van der Waals surface area (Å²) in [5.74, 6) is 12.7. The van der Waals surface area contributed by atoms with Gasteiger partial charge < -0.3 is 10.2 Å². The monoisotopic (exact) mass is 481 g/mol. The normalized spacial score (nSPS) is 22.4. The van der Waals surface area contributed by atoms with Gasteiger partial charge in [-0.15, -0.1) is 4.59 Å². The van der Waals surface area contributed by atoms with Gasteiger partial charge in [0.25, 0.3) is 17.6 Å². The van der Waals surface area contributed by atoms with Crippen molar-refractivity contribution in [1.29, 1.82) is 0 Å². The van der Waals surface area contributed by atoms with Crippen molar-refractivity contribution in [3.05, 3.63) is 77.8 Å². The van der Waals surface area contributed by atoms with Gasteiger partial charge in [0, 0.05) is 18.3 Å². The third-order valence-electron chi connectivity index (χ3n) is 6.36. The van der Waals surface area contributed by atoms with Gasteiger partial charge in [0.2, 0.25) is 5.70 Å². The molecule has 10 nitrogen and oxygen atoms in total. The zero-order valence-corrected chi connectivity index (χ0v) is 19.8. The van der Waals surface area contributed by atoms with Crippen LogP contribution in [0.5, 0.6) is 0 Å². The molecule has 3 aliphatic rings. The standard InChI is InChI=1S/C26H24N8O2/c1-2-5-23(35)33-14-4-3-6-20(33)24-21-16-28-13-15-34(21,27)25(32-24)18-7-9-19(10-8-18)26(36)31-22-11-12-29-17-30-22/h7-13,15-17,20H,3-4,6,14,27H2,1H3/p+1. The molecule has 180 valence electrons. The molecule has 5 rings (SSSR count). The van der Waals surface area contributed by atoms with Crippen LogP contribution in [0.4, 0.5) is 5.82 Å². The van der Waals surface area contributed by atoms with Gasteiger partial charge in [0.15, 0.2) is 0 Å². The number of amides is 2. The highest BCUT2D eigenvalue weighted by Gasteiger charge is 2.47. The van der Waals surface area contributed by atoms with Gasteiger partial charge in [-0.05, 0) is 62.4 Å². The summed E-state index contributed by atoms with van der Waals surface area (Å²) in [4.78, 5) is 44.3. The Labute approximate surface area is 208 Å². The molecule has 0 bridgehead atoms. The highest BCUT2D eigenvalue weighted by Crippen LogP contribution is 2.36. The number of benzene rings is 1. The van der Waals surface area contributed by atoms with Crippen LogP contribution in [-0.2, 0) is 4.79 Å². The number of piperidine rings is 1. The lowest BCUT2D eigenvalue weighted by Gasteiger charge is -2.34. The number of carbonyl (C=O) groups excluding carboxylic acids is 2. The molecule has 3 N–H and O–H groups in total. The second kappa shape index (κ2) is 9.65. The van der Waals surface area contributed by atoms with Gasteiger partial charge in [0.05, 0.1) is 24.0 Å². The summed E-state index contributed by atoms with van der Waals surface area (Å²) in [7, 11) is 0. The van der Waals surface area contributed by atoms with E-state index in [0.717, 1.165) is 30.5 Å². The summed E-state index contributed by atoms with van der Waals surface area (Å²) in [6.07, 6.45) is 10.7. The van der Waals surface area contributed by atoms with Crippen LogP contribution < -0.4 is 11.2 Å². The molecule has 1 aromatic heterocycles. The van der Waals surface area contributed by atoms with Gasteiger partial charge in [-0.3, -0.25) is 14.6 Å². The van der Waals surface area contributed by atoms with E-state index in [2.05, 4.69) is 32.1 Å². The number of aliphatic imine (C=N–C) groups is 2. The van der Waals surface area contributed by atoms with Crippen molar-refractivity contribution in [1.82, 2.24) is 14.9 Å². The summed E-state index contributed by atoms with van der Waals surface area (Å²) in [6, 6.07) is 8.43. The molecule has 3 aliphatic heterocycles. The van der Waals surface area contributed by atoms with Crippen molar-refractivity contribution in [3.63, 3.8) is 0 Å². The molecule has 0 radical (unpaired) electrons. The van der Waals surface area contributed by atoms with Crippen molar-refractivity contribution in [2.75, 3.05) is 11.9 Å². The molecule has 36 heavy (non-hydrogen) atoms. The molecule has 1 saturated heterocycles. The lowest BCUT2D eigenvalue weighted by molar-refractivity contribution is -0.750. The van der Waals surface area contributed by atoms with Gasteiger partial charge in [-0.2, -0.15) is 10.8 Å². The molecule has 1 fully saturated rings. The number of hydrogen-bond acceptors (Lipinski definition) is 7. The topological polar surface area (TPSA) is 126 Å². The first-order chi connectivity index (χ1) is 17.5. The van der Waals surface area contributed by atoms with Crippen LogP contribution in [0.3, 0.4) is 0 Å². The van der Waals surface area contributed by atoms with E-state index in [1.54, 1.807) is 54.8 Å². The van der Waals surface area contributed by atoms with Crippen molar-refractivity contribution in [2.45, 2.75) is 32.2 Å². The summed E-state index contributed by atoms with van der Waals surface area (Å²) in [5, 5.41) is 2.74. The smallest absolute Gasteiger partial charge is 0.299 e. The van der Waals surface area contributed by atoms with Crippen molar-refractivity contribution in [2.24, 2.45) is 15.8 Å². The maximum Gasteiger partial charge on any atom is 0.299 e. The first-order valence-electron chi connectivity index (χ1n) is 11.6. The van der Waals surface area contributed by atoms with E-state index in [-0.39, 0.29) is 22.4 Å². The summed E-state index contributed by atoms with van der Waals surface area (Å²) in [5.41, 5.74) is 2.65. The van der Waals surface area contributed by atoms with E-state index in [4.69, 9.17) is 10.8 Å². The first-order valence-corrected chi connectivity index (χ1v) is 11.6. The van der Waals surface area contributed by atoms with Gasteiger partial charge in [-0.25, -0.2) is 9.97 Å². The molecular weight excluding hydrogens is 456 g/mol. The number of hydrogen-bond donors (Lipinski definition) is 2. The Balaban J connectivity index is 1.46. The van der Waals surface area contributed by atoms with Gasteiger partial charge >= 0.3 is 0 Å². The number of amidine groups is 1. The molecule has 2 atom stereocenters. The molecule has 1 aromatic carbocycles. The molecule has 2 unspecified atom stereocenters. The fraction of sp³-hybridized carbons (Fsp3) is 0.231. The van der Waals surface area contributed by atoms with E-state index in [1.807, 2.05) is 12.1 Å². The average molecular weight is 482 g/mol. The van der Waals surface area contributed by atoms with Crippen molar-refractivity contribution >= 4 is 29.7 Å². The number of allylic oxidation sites excluding steroid dienone is 1. The second-order valence-electron chi connectivity index (χ2n) is 8.57. The molecule has 4 heterocycles. The Kier molecular flexibility index (Phi) is 6.25. The van der Waals surface area contributed by atoms with Crippen LogP contribution in [0.15, 0.2) is 76.6 Å². The number of nitrogens with zero attached hydrogens (tertiary/aromatic N) is 6. The Morgan fingerprint density at radius 3 is 2.78 bits per heavy atom. The number of nitrogens with one attached hydrogen (secondary N) is 1. The van der Waals surface area contributed by atoms with E-state index >= 15 is 0 Å². The minimum absolute atomic E-state index is 0.163. The van der Waals surface area contributed by atoms with Crippen LogP contribution in [0.25, 0.3) is 0 Å². The Morgan fingerprint density at radius 2 is 2.03 bits per heavy atom. The minimum Gasteiger partial charge on any atom is -0.323 e. The average Bonchev–Trinajstić information content (AvgIpc) is 3.22. The van der Waals surface area contributed by atoms with E-state index in [0.29, 0.717) is 29.5 Å². The number of fused-ring (bicyclic) bond motifs is 1. The molecule has 0 saturated carbocycles.